The number of Topliss-reactive ketones (excluding diaryl/α,β-unsaturated/α-hetero) is 1. The van der Waals surface area contributed by atoms with Crippen molar-refractivity contribution in [3.8, 4) is 40.2 Å². The van der Waals surface area contributed by atoms with E-state index in [0.29, 0.717) is 48.7 Å². The minimum absolute atomic E-state index is 0.0394. The molecular formula is C90H108O9. The summed E-state index contributed by atoms with van der Waals surface area (Å²) in [5, 5.41) is 37.4. The molecule has 0 aliphatic heterocycles. The van der Waals surface area contributed by atoms with Crippen LogP contribution in [-0.4, -0.2) is 51.8 Å². The van der Waals surface area contributed by atoms with Crippen LogP contribution in [-0.2, 0) is 35.3 Å². The molecule has 99 heavy (non-hydrogen) atoms. The third-order valence-electron chi connectivity index (χ3n) is 14.5. The molecule has 522 valence electrons. The van der Waals surface area contributed by atoms with E-state index in [1.807, 2.05) is 232 Å². The highest BCUT2D eigenvalue weighted by atomic mass is 16.5. The maximum absolute atomic E-state index is 11.3. The van der Waals surface area contributed by atoms with Crippen molar-refractivity contribution >= 4 is 11.6 Å². The number of phenolic OH excluding ortho intramolecular Hbond substituents is 4. The minimum Gasteiger partial charge on any atom is -0.508 e. The second-order valence-corrected chi connectivity index (χ2v) is 23.0. The van der Waals surface area contributed by atoms with Crippen LogP contribution in [0.3, 0.4) is 0 Å². The Hall–Kier alpha value is -10.9. The first-order valence-corrected chi connectivity index (χ1v) is 33.0. The van der Waals surface area contributed by atoms with Crippen molar-refractivity contribution in [2.75, 3.05) is 19.8 Å². The third kappa shape index (κ3) is 36.1. The van der Waals surface area contributed by atoms with Crippen LogP contribution in [0.4, 0.5) is 0 Å². The Morgan fingerprint density at radius 3 is 1.47 bits per heavy atom. The van der Waals surface area contributed by atoms with Crippen LogP contribution in [0.2, 0.25) is 0 Å². The minimum atomic E-state index is 0.0394. The molecule has 0 saturated heterocycles. The van der Waals surface area contributed by atoms with E-state index in [1.54, 1.807) is 66.8 Å². The summed E-state index contributed by atoms with van der Waals surface area (Å²) in [6.45, 7) is 51.7. The predicted octanol–water partition coefficient (Wildman–Crippen LogP) is 21.9. The summed E-state index contributed by atoms with van der Waals surface area (Å²) in [5.41, 5.74) is 13.3. The number of benzene rings is 7. The van der Waals surface area contributed by atoms with E-state index in [2.05, 4.69) is 59.2 Å². The van der Waals surface area contributed by atoms with Crippen LogP contribution < -0.4 is 14.2 Å². The van der Waals surface area contributed by atoms with Crippen molar-refractivity contribution in [2.45, 2.75) is 101 Å². The van der Waals surface area contributed by atoms with Crippen molar-refractivity contribution in [3.05, 3.63) is 368 Å². The topological polar surface area (TPSA) is 143 Å². The van der Waals surface area contributed by atoms with E-state index in [9.17, 15) is 30.0 Å². The molecule has 2 aliphatic rings. The van der Waals surface area contributed by atoms with Crippen LogP contribution >= 0.6 is 0 Å². The van der Waals surface area contributed by atoms with Gasteiger partial charge in [0.1, 0.15) is 60.1 Å². The number of ketones is 2. The summed E-state index contributed by atoms with van der Waals surface area (Å²) in [4.78, 5) is 22.3. The number of rotatable bonds is 21. The Morgan fingerprint density at radius 1 is 0.414 bits per heavy atom. The van der Waals surface area contributed by atoms with Crippen LogP contribution in [0.15, 0.2) is 307 Å². The Morgan fingerprint density at radius 2 is 0.949 bits per heavy atom. The largest absolute Gasteiger partial charge is 0.508 e. The van der Waals surface area contributed by atoms with Gasteiger partial charge in [-0.25, -0.2) is 0 Å². The van der Waals surface area contributed by atoms with Gasteiger partial charge < -0.3 is 34.6 Å². The number of hydrogen-bond donors (Lipinski definition) is 4. The van der Waals surface area contributed by atoms with Gasteiger partial charge in [-0.3, -0.25) is 9.59 Å². The maximum atomic E-state index is 11.3. The van der Waals surface area contributed by atoms with Crippen molar-refractivity contribution < 1.29 is 44.2 Å². The molecule has 9 nitrogen and oxygen atoms in total. The number of aromatic hydroxyl groups is 4. The summed E-state index contributed by atoms with van der Waals surface area (Å²) in [6.07, 6.45) is 32.1. The van der Waals surface area contributed by atoms with Crippen molar-refractivity contribution in [1.82, 2.24) is 0 Å². The van der Waals surface area contributed by atoms with E-state index in [4.69, 9.17) is 14.2 Å². The molecular weight excluding hydrogens is 1220 g/mol. The van der Waals surface area contributed by atoms with Gasteiger partial charge in [-0.1, -0.05) is 208 Å². The monoisotopic (exact) mass is 1330 g/mol. The molecule has 7 aromatic carbocycles. The van der Waals surface area contributed by atoms with E-state index >= 15 is 0 Å². The fraction of sp³-hybridized carbons (Fsp3) is 0.222. The maximum Gasteiger partial charge on any atom is 0.180 e. The zero-order valence-electron chi connectivity index (χ0n) is 60.2. The number of para-hydroxylation sites is 3. The van der Waals surface area contributed by atoms with Gasteiger partial charge in [0, 0.05) is 11.5 Å². The fourth-order valence-corrected chi connectivity index (χ4v) is 9.05. The second kappa shape index (κ2) is 51.4. The molecule has 0 heterocycles. The number of aryl methyl sites for hydroxylation is 7. The lowest BCUT2D eigenvalue weighted by Gasteiger charge is -2.12. The number of carbonyl (C=O) groups is 2. The molecule has 0 amide bonds. The molecule has 2 aliphatic carbocycles. The molecule has 0 saturated carbocycles. The molecule has 4 N–H and O–H groups in total. The zero-order valence-corrected chi connectivity index (χ0v) is 60.2. The normalized spacial score (nSPS) is 12.5. The quantitative estimate of drug-likeness (QED) is 0.0517. The highest BCUT2D eigenvalue weighted by Gasteiger charge is 2.17. The van der Waals surface area contributed by atoms with Crippen LogP contribution in [0.5, 0.6) is 40.2 Å². The summed E-state index contributed by atoms with van der Waals surface area (Å²) >= 11 is 0. The third-order valence-corrected chi connectivity index (χ3v) is 14.5. The van der Waals surface area contributed by atoms with Gasteiger partial charge in [-0.05, 0) is 222 Å². The van der Waals surface area contributed by atoms with Gasteiger partial charge >= 0.3 is 0 Å². The Balaban J connectivity index is 0.000000557. The van der Waals surface area contributed by atoms with Crippen LogP contribution in [0.25, 0.3) is 0 Å². The highest BCUT2D eigenvalue weighted by Crippen LogP contribution is 2.25. The molecule has 9 rings (SSSR count). The lowest BCUT2D eigenvalue weighted by molar-refractivity contribution is -0.118. The van der Waals surface area contributed by atoms with Crippen molar-refractivity contribution in [3.63, 3.8) is 0 Å². The number of allylic oxidation sites excluding steroid dienone is 14. The second-order valence-electron chi connectivity index (χ2n) is 23.0. The molecule has 0 radical (unpaired) electrons. The fourth-order valence-electron chi connectivity index (χ4n) is 9.05. The summed E-state index contributed by atoms with van der Waals surface area (Å²) in [7, 11) is 0. The van der Waals surface area contributed by atoms with Gasteiger partial charge in [0.25, 0.3) is 0 Å². The van der Waals surface area contributed by atoms with E-state index in [-0.39, 0.29) is 17.5 Å². The van der Waals surface area contributed by atoms with Gasteiger partial charge in [0.2, 0.25) is 0 Å². The summed E-state index contributed by atoms with van der Waals surface area (Å²) in [6, 6.07) is 46.4. The number of hydrogen-bond acceptors (Lipinski definition) is 9. The Kier molecular flexibility index (Phi) is 44.7. The predicted molar refractivity (Wildman–Crippen MR) is 420 cm³/mol. The first-order chi connectivity index (χ1) is 47.5. The first-order valence-electron chi connectivity index (χ1n) is 33.0. The van der Waals surface area contributed by atoms with E-state index in [1.165, 1.54) is 11.1 Å². The van der Waals surface area contributed by atoms with Gasteiger partial charge in [0.05, 0.1) is 0 Å². The average Bonchev–Trinajstić information content (AvgIpc) is 1.10. The van der Waals surface area contributed by atoms with Crippen LogP contribution in [0.1, 0.15) is 87.9 Å². The smallest absolute Gasteiger partial charge is 0.180 e. The van der Waals surface area contributed by atoms with Gasteiger partial charge in [0.15, 0.2) is 11.6 Å². The molecule has 2 atom stereocenters. The molecule has 0 bridgehead atoms. The first kappa shape index (κ1) is 86.1. The number of carbonyl (C=O) groups excluding carboxylic acids is 2. The lowest BCUT2D eigenvalue weighted by Crippen LogP contribution is -2.14. The van der Waals surface area contributed by atoms with E-state index in [0.717, 1.165) is 117 Å². The molecule has 0 aromatic heterocycles. The Labute approximate surface area is 593 Å². The standard InChI is InChI=1S/9C10H12O/c2*1-3-8-11-10-7-5-4-6-9(10)2;1-3-7-11-10-6-4-5-9(2)8-10;1-3-5-9-8(2)6-4-7-10(9)11;2*1-3-5-9-7-4-6-8(2)10(9)11;2*1-3-4-9-5-6-10(11)8(2)7-9;1-3-4-9-6-5-8(2)7-10(9)11/h2*3-7H,1,8H2,2H3;3-6,8H,1,7H2,2H3;2*3-4,6-7,11H,1,5H2,2H3;3-4,6-7,9H,1,5H2,2H3;3,5-7,11H,1,4H2,2H3;3,5-7,9H,1,4H2,2H3;3,5-7,11H,1,4H2,2H3. The lowest BCUT2D eigenvalue weighted by atomic mass is 9.91. The molecule has 0 spiro atoms. The summed E-state index contributed by atoms with van der Waals surface area (Å²) in [5.74, 6) is 5.05. The number of phenols is 4. The van der Waals surface area contributed by atoms with Crippen molar-refractivity contribution in [1.29, 1.82) is 0 Å². The van der Waals surface area contributed by atoms with Crippen LogP contribution in [0, 0.1) is 60.3 Å². The van der Waals surface area contributed by atoms with Crippen molar-refractivity contribution in [2.24, 2.45) is 11.8 Å². The highest BCUT2D eigenvalue weighted by molar-refractivity contribution is 6.04. The summed E-state index contributed by atoms with van der Waals surface area (Å²) < 4.78 is 16.1. The molecule has 0 fully saturated rings. The molecule has 2 unspecified atom stereocenters. The molecule has 9 heteroatoms. The van der Waals surface area contributed by atoms with E-state index < -0.39 is 0 Å². The molecule has 7 aromatic rings. The zero-order chi connectivity index (χ0) is 73.9. The van der Waals surface area contributed by atoms with Gasteiger partial charge in [-0.2, -0.15) is 0 Å². The average molecular weight is 1330 g/mol. The SMILES string of the molecule is C=CCC1C=CC(=O)C(C)=C1.C=CCC1C=CC=C(C)C1=O.C=CCOc1cccc(C)c1.C=CCOc1ccccc1C.C=CCOc1ccccc1C.C=CCc1c(C)cccc1O.C=CCc1ccc(C)cc1O.C=CCc1ccc(O)c(C)c1.C=CCc1cccc(C)c1O. The Bertz CT molecular complexity index is 3740. The van der Waals surface area contributed by atoms with Gasteiger partial charge in [-0.15, -0.1) is 39.5 Å². The number of ether oxygens (including phenoxy) is 3.